The molecule has 1 aromatic rings. The summed E-state index contributed by atoms with van der Waals surface area (Å²) < 4.78 is 31.7. The number of carbonyl (C=O) groups is 1. The van der Waals surface area contributed by atoms with Crippen molar-refractivity contribution in [2.45, 2.75) is 50.5 Å². The van der Waals surface area contributed by atoms with Crippen LogP contribution in [0.1, 0.15) is 44.9 Å². The number of rotatable bonds is 5. The second-order valence-electron chi connectivity index (χ2n) is 6.98. The molecule has 0 N–H and O–H groups in total. The maximum Gasteiger partial charge on any atom is 0.311 e. The molecule has 0 amide bonds. The highest BCUT2D eigenvalue weighted by atomic mass is 79.9. The Bertz CT molecular complexity index is 699. The van der Waals surface area contributed by atoms with Crippen molar-refractivity contribution in [3.8, 4) is 0 Å². The lowest BCUT2D eigenvalue weighted by molar-refractivity contribution is -0.153. The molecule has 1 aliphatic heterocycles. The fraction of sp³-hybridized carbons (Fsp3) is 0.688. The first-order valence-electron chi connectivity index (χ1n) is 8.30. The van der Waals surface area contributed by atoms with Gasteiger partial charge in [-0.2, -0.15) is 0 Å². The van der Waals surface area contributed by atoms with Gasteiger partial charge in [-0.1, -0.05) is 20.3 Å². The van der Waals surface area contributed by atoms with Crippen LogP contribution < -0.4 is 0 Å². The van der Waals surface area contributed by atoms with E-state index in [1.807, 2.05) is 32.9 Å². The van der Waals surface area contributed by atoms with E-state index in [9.17, 15) is 13.2 Å². The number of hydrogen-bond donors (Lipinski definition) is 0. The van der Waals surface area contributed by atoms with Crippen LogP contribution in [0.3, 0.4) is 0 Å². The van der Waals surface area contributed by atoms with E-state index >= 15 is 0 Å². The van der Waals surface area contributed by atoms with E-state index in [4.69, 9.17) is 4.74 Å². The van der Waals surface area contributed by atoms with E-state index in [0.29, 0.717) is 12.8 Å². The Hall–Kier alpha value is -0.183. The zero-order valence-corrected chi connectivity index (χ0v) is 19.8. The minimum atomic E-state index is -3.45. The van der Waals surface area contributed by atoms with Gasteiger partial charge in [0, 0.05) is 4.88 Å². The molecule has 0 spiro atoms. The summed E-state index contributed by atoms with van der Waals surface area (Å²) in [6.45, 7) is 5.68. The summed E-state index contributed by atoms with van der Waals surface area (Å²) >= 11 is 4.85. The Kier molecular flexibility index (Phi) is 6.37. The number of hydrogen-bond acceptors (Lipinski definition) is 5. The lowest BCUT2D eigenvalue weighted by Crippen LogP contribution is -2.51. The SMILES string of the molecule is CC([SiH3])OC(=O)C(C(C)C)[C@]1(c2ccc(Br)s2)CCCCS1(=O)=O. The average molecular weight is 453 g/mol. The molecule has 8 heteroatoms. The predicted molar refractivity (Wildman–Crippen MR) is 105 cm³/mol. The number of ether oxygens (including phenoxy) is 1. The number of sulfone groups is 1. The normalized spacial score (nSPS) is 26.2. The fourth-order valence-corrected chi connectivity index (χ4v) is 8.46. The van der Waals surface area contributed by atoms with Crippen molar-refractivity contribution < 1.29 is 17.9 Å². The number of halogens is 1. The van der Waals surface area contributed by atoms with Gasteiger partial charge in [0.25, 0.3) is 0 Å². The molecule has 0 aliphatic carbocycles. The lowest BCUT2D eigenvalue weighted by atomic mass is 9.78. The summed E-state index contributed by atoms with van der Waals surface area (Å²) in [5.41, 5.74) is -0.128. The summed E-state index contributed by atoms with van der Waals surface area (Å²) in [4.78, 5) is 13.7. The van der Waals surface area contributed by atoms with Gasteiger partial charge in [0.2, 0.25) is 0 Å². The van der Waals surface area contributed by atoms with Gasteiger partial charge in [0.05, 0.1) is 31.4 Å². The third-order valence-corrected chi connectivity index (χ3v) is 9.31. The van der Waals surface area contributed by atoms with Gasteiger partial charge in [0.15, 0.2) is 9.84 Å². The minimum absolute atomic E-state index is 0.119. The van der Waals surface area contributed by atoms with Crippen molar-refractivity contribution in [3.05, 3.63) is 20.8 Å². The second-order valence-corrected chi connectivity index (χ2v) is 13.4. The first kappa shape index (κ1) is 20.1. The van der Waals surface area contributed by atoms with Crippen molar-refractivity contribution in [1.82, 2.24) is 0 Å². The Labute approximate surface area is 159 Å². The van der Waals surface area contributed by atoms with Gasteiger partial charge in [-0.25, -0.2) is 8.42 Å². The zero-order chi connectivity index (χ0) is 18.1. The maximum atomic E-state index is 13.2. The minimum Gasteiger partial charge on any atom is -0.467 e. The Balaban J connectivity index is 2.66. The summed E-state index contributed by atoms with van der Waals surface area (Å²) in [5.74, 6) is -1.03. The van der Waals surface area contributed by atoms with Gasteiger partial charge in [-0.05, 0) is 53.7 Å². The molecule has 2 unspecified atom stereocenters. The number of thiophene rings is 1. The maximum absolute atomic E-state index is 13.2. The molecule has 1 aromatic heterocycles. The van der Waals surface area contributed by atoms with Crippen molar-refractivity contribution in [2.75, 3.05) is 5.75 Å². The van der Waals surface area contributed by atoms with Gasteiger partial charge < -0.3 is 4.74 Å². The summed E-state index contributed by atoms with van der Waals surface area (Å²) in [5, 5.41) is 0. The lowest BCUT2D eigenvalue weighted by Gasteiger charge is -2.42. The van der Waals surface area contributed by atoms with Crippen molar-refractivity contribution >= 4 is 53.3 Å². The van der Waals surface area contributed by atoms with Gasteiger partial charge >= 0.3 is 5.97 Å². The van der Waals surface area contributed by atoms with Crippen molar-refractivity contribution in [2.24, 2.45) is 11.8 Å². The van der Waals surface area contributed by atoms with E-state index in [2.05, 4.69) is 15.9 Å². The molecule has 2 heterocycles. The fourth-order valence-electron chi connectivity index (χ4n) is 3.64. The molecule has 0 aromatic carbocycles. The zero-order valence-electron chi connectivity index (χ0n) is 14.5. The molecule has 3 atom stereocenters. The molecular formula is C16H25BrO4S2Si. The quantitative estimate of drug-likeness (QED) is 0.508. The second kappa shape index (κ2) is 7.59. The van der Waals surface area contributed by atoms with E-state index in [-0.39, 0.29) is 23.4 Å². The first-order valence-corrected chi connectivity index (χ1v) is 12.7. The van der Waals surface area contributed by atoms with E-state index in [1.54, 1.807) is 0 Å². The topological polar surface area (TPSA) is 60.4 Å². The highest BCUT2D eigenvalue weighted by Crippen LogP contribution is 2.51. The van der Waals surface area contributed by atoms with Crippen LogP contribution in [0.2, 0.25) is 0 Å². The van der Waals surface area contributed by atoms with Crippen LogP contribution in [0.25, 0.3) is 0 Å². The van der Waals surface area contributed by atoms with Gasteiger partial charge in [-0.15, -0.1) is 11.3 Å². The van der Waals surface area contributed by atoms with Crippen LogP contribution >= 0.6 is 27.3 Å². The van der Waals surface area contributed by atoms with E-state index < -0.39 is 20.5 Å². The third kappa shape index (κ3) is 3.66. The molecule has 0 radical (unpaired) electrons. The van der Waals surface area contributed by atoms with Crippen LogP contribution in [0.15, 0.2) is 15.9 Å². The van der Waals surface area contributed by atoms with Gasteiger partial charge in [-0.3, -0.25) is 4.79 Å². The highest BCUT2D eigenvalue weighted by Gasteiger charge is 2.57. The molecule has 4 nitrogen and oxygen atoms in total. The number of esters is 1. The van der Waals surface area contributed by atoms with Crippen LogP contribution in [0, 0.1) is 11.8 Å². The summed E-state index contributed by atoms with van der Waals surface area (Å²) in [6, 6.07) is 3.72. The van der Waals surface area contributed by atoms with E-state index in [1.165, 1.54) is 11.3 Å². The molecule has 0 saturated carbocycles. The Morgan fingerprint density at radius 1 is 1.33 bits per heavy atom. The molecule has 136 valence electrons. The van der Waals surface area contributed by atoms with Crippen molar-refractivity contribution in [3.63, 3.8) is 0 Å². The number of carbonyl (C=O) groups excluding carboxylic acids is 1. The first-order chi connectivity index (χ1) is 11.1. The predicted octanol–water partition coefficient (Wildman–Crippen LogP) is 2.83. The summed E-state index contributed by atoms with van der Waals surface area (Å²) in [6.07, 6.45) is 1.95. The molecule has 2 rings (SSSR count). The smallest absolute Gasteiger partial charge is 0.311 e. The summed E-state index contributed by atoms with van der Waals surface area (Å²) in [7, 11) is -2.72. The molecule has 1 aliphatic rings. The monoisotopic (exact) mass is 452 g/mol. The molecular weight excluding hydrogens is 428 g/mol. The third-order valence-electron chi connectivity index (χ3n) is 4.53. The van der Waals surface area contributed by atoms with Crippen LogP contribution in [-0.4, -0.2) is 36.1 Å². The average Bonchev–Trinajstić information content (AvgIpc) is 2.86. The molecule has 1 saturated heterocycles. The molecule has 1 fully saturated rings. The largest absolute Gasteiger partial charge is 0.467 e. The highest BCUT2D eigenvalue weighted by molar-refractivity contribution is 9.11. The Morgan fingerprint density at radius 2 is 2.00 bits per heavy atom. The van der Waals surface area contributed by atoms with Crippen LogP contribution in [0.5, 0.6) is 0 Å². The Morgan fingerprint density at radius 3 is 2.46 bits per heavy atom. The van der Waals surface area contributed by atoms with Gasteiger partial charge in [0.1, 0.15) is 4.75 Å². The standard InChI is InChI=1S/C16H25BrO4S2Si/c1-10(2)14(15(18)21-11(3)24)16(12-6-7-13(17)22-12)8-4-5-9-23(16,19)20/h6-7,10-11,14H,4-5,8-9H2,1-3,24H3/t11?,14?,16-/m1/s1. The van der Waals surface area contributed by atoms with Crippen LogP contribution in [-0.2, 0) is 24.1 Å². The van der Waals surface area contributed by atoms with Crippen molar-refractivity contribution in [1.29, 1.82) is 0 Å². The van der Waals surface area contributed by atoms with E-state index in [0.717, 1.165) is 25.3 Å². The van der Waals surface area contributed by atoms with Crippen LogP contribution in [0.4, 0.5) is 0 Å². The molecule has 0 bridgehead atoms. The molecule has 24 heavy (non-hydrogen) atoms.